The lowest BCUT2D eigenvalue weighted by molar-refractivity contribution is 0.203. The minimum atomic E-state index is -0.481. The molecule has 0 fully saturated rings. The molecule has 2 heterocycles. The standard InChI is InChI=1S/C29H28N4O4/c1-18-8-5-6-9-22(18)17-33-19(2)25(26(30-29(33)34)20-12-14-23(35-3)15-13-20)28-31-27(32-37-28)21-10-7-11-24(16-21)36-4/h5-16,26H,17H2,1-4H3,(H,30,34). The molecular weight excluding hydrogens is 468 g/mol. The Hall–Kier alpha value is -4.59. The number of amides is 2. The lowest BCUT2D eigenvalue weighted by atomic mass is 9.94. The number of hydrogen-bond acceptors (Lipinski definition) is 6. The van der Waals surface area contributed by atoms with Gasteiger partial charge in [0.15, 0.2) is 0 Å². The van der Waals surface area contributed by atoms with Gasteiger partial charge in [-0.25, -0.2) is 4.79 Å². The van der Waals surface area contributed by atoms with Crippen molar-refractivity contribution >= 4 is 11.6 Å². The van der Waals surface area contributed by atoms with Crippen LogP contribution in [0.2, 0.25) is 0 Å². The van der Waals surface area contributed by atoms with Crippen molar-refractivity contribution < 1.29 is 18.8 Å². The monoisotopic (exact) mass is 496 g/mol. The Morgan fingerprint density at radius 1 is 0.946 bits per heavy atom. The zero-order chi connectivity index (χ0) is 25.9. The fraction of sp³-hybridized carbons (Fsp3) is 0.207. The van der Waals surface area contributed by atoms with Crippen LogP contribution >= 0.6 is 0 Å². The summed E-state index contributed by atoms with van der Waals surface area (Å²) in [6.07, 6.45) is 0. The highest BCUT2D eigenvalue weighted by Crippen LogP contribution is 2.38. The Balaban J connectivity index is 1.60. The predicted octanol–water partition coefficient (Wildman–Crippen LogP) is 5.76. The maximum atomic E-state index is 13.4. The van der Waals surface area contributed by atoms with Crippen LogP contribution in [-0.4, -0.2) is 35.3 Å². The normalized spacial score (nSPS) is 15.5. The summed E-state index contributed by atoms with van der Waals surface area (Å²) in [5.41, 5.74) is 5.29. The smallest absolute Gasteiger partial charge is 0.322 e. The number of hydrogen-bond donors (Lipinski definition) is 1. The van der Waals surface area contributed by atoms with Gasteiger partial charge in [0.05, 0.1) is 32.4 Å². The Bertz CT molecular complexity index is 1460. The number of urea groups is 1. The second-order valence-corrected chi connectivity index (χ2v) is 8.82. The summed E-state index contributed by atoms with van der Waals surface area (Å²) in [7, 11) is 3.23. The average Bonchev–Trinajstić information content (AvgIpc) is 3.41. The number of rotatable bonds is 7. The van der Waals surface area contributed by atoms with Crippen LogP contribution in [-0.2, 0) is 6.54 Å². The van der Waals surface area contributed by atoms with Gasteiger partial charge >= 0.3 is 6.03 Å². The van der Waals surface area contributed by atoms with E-state index in [0.717, 1.165) is 39.3 Å². The van der Waals surface area contributed by atoms with Gasteiger partial charge < -0.3 is 19.3 Å². The van der Waals surface area contributed by atoms with Crippen molar-refractivity contribution in [3.05, 3.63) is 101 Å². The Kier molecular flexibility index (Phi) is 6.64. The number of allylic oxidation sites excluding steroid dienone is 1. The third kappa shape index (κ3) is 4.78. The molecule has 1 aliphatic rings. The molecule has 0 saturated heterocycles. The highest BCUT2D eigenvalue weighted by Gasteiger charge is 2.36. The molecule has 5 rings (SSSR count). The zero-order valence-electron chi connectivity index (χ0n) is 21.2. The second-order valence-electron chi connectivity index (χ2n) is 8.82. The first-order valence-electron chi connectivity index (χ1n) is 11.9. The van der Waals surface area contributed by atoms with Crippen molar-refractivity contribution in [2.45, 2.75) is 26.4 Å². The quantitative estimate of drug-likeness (QED) is 0.350. The molecular formula is C29H28N4O4. The number of ether oxygens (including phenoxy) is 2. The van der Waals surface area contributed by atoms with Gasteiger partial charge in [-0.1, -0.05) is 53.7 Å². The van der Waals surface area contributed by atoms with Crippen molar-refractivity contribution in [3.63, 3.8) is 0 Å². The van der Waals surface area contributed by atoms with Gasteiger partial charge in [0, 0.05) is 11.3 Å². The van der Waals surface area contributed by atoms with Crippen LogP contribution < -0.4 is 14.8 Å². The van der Waals surface area contributed by atoms with E-state index in [9.17, 15) is 4.79 Å². The highest BCUT2D eigenvalue weighted by atomic mass is 16.5. The van der Waals surface area contributed by atoms with Gasteiger partial charge in [-0.2, -0.15) is 4.98 Å². The molecule has 8 heteroatoms. The van der Waals surface area contributed by atoms with E-state index >= 15 is 0 Å². The van der Waals surface area contributed by atoms with E-state index in [2.05, 4.69) is 10.5 Å². The van der Waals surface area contributed by atoms with Crippen LogP contribution in [0, 0.1) is 6.92 Å². The van der Waals surface area contributed by atoms with E-state index in [-0.39, 0.29) is 6.03 Å². The fourth-order valence-electron chi connectivity index (χ4n) is 4.47. The van der Waals surface area contributed by atoms with Gasteiger partial charge in [0.2, 0.25) is 5.82 Å². The van der Waals surface area contributed by atoms with Crippen LogP contribution in [0.1, 0.15) is 35.5 Å². The second kappa shape index (κ2) is 10.2. The molecule has 0 saturated carbocycles. The van der Waals surface area contributed by atoms with E-state index < -0.39 is 6.04 Å². The van der Waals surface area contributed by atoms with E-state index in [1.165, 1.54) is 0 Å². The summed E-state index contributed by atoms with van der Waals surface area (Å²) in [6, 6.07) is 22.4. The van der Waals surface area contributed by atoms with Crippen molar-refractivity contribution in [2.75, 3.05) is 14.2 Å². The molecule has 1 N–H and O–H groups in total. The predicted molar refractivity (Wildman–Crippen MR) is 140 cm³/mol. The molecule has 0 aliphatic carbocycles. The topological polar surface area (TPSA) is 89.7 Å². The van der Waals surface area contributed by atoms with E-state index in [1.54, 1.807) is 19.1 Å². The van der Waals surface area contributed by atoms with Gasteiger partial charge in [-0.05, 0) is 54.8 Å². The van der Waals surface area contributed by atoms with Crippen LogP contribution in [0.4, 0.5) is 4.79 Å². The largest absolute Gasteiger partial charge is 0.497 e. The number of carbonyl (C=O) groups excluding carboxylic acids is 1. The molecule has 1 aliphatic heterocycles. The minimum Gasteiger partial charge on any atom is -0.497 e. The van der Waals surface area contributed by atoms with Crippen molar-refractivity contribution in [1.82, 2.24) is 20.4 Å². The third-order valence-corrected chi connectivity index (χ3v) is 6.62. The summed E-state index contributed by atoms with van der Waals surface area (Å²) >= 11 is 0. The first-order chi connectivity index (χ1) is 18.0. The maximum Gasteiger partial charge on any atom is 0.322 e. The SMILES string of the molecule is COc1ccc(C2NC(=O)N(Cc3ccccc3C)C(C)=C2c2nc(-c3cccc(OC)c3)no2)cc1. The molecule has 0 bridgehead atoms. The molecule has 1 atom stereocenters. The molecule has 3 aromatic carbocycles. The summed E-state index contributed by atoms with van der Waals surface area (Å²) < 4.78 is 16.5. The highest BCUT2D eigenvalue weighted by molar-refractivity contribution is 5.87. The number of aryl methyl sites for hydroxylation is 1. The Morgan fingerprint density at radius 2 is 1.70 bits per heavy atom. The Morgan fingerprint density at radius 3 is 2.43 bits per heavy atom. The maximum absolute atomic E-state index is 13.4. The Labute approximate surface area is 215 Å². The molecule has 37 heavy (non-hydrogen) atoms. The molecule has 188 valence electrons. The van der Waals surface area contributed by atoms with E-state index in [0.29, 0.717) is 24.0 Å². The number of benzene rings is 3. The van der Waals surface area contributed by atoms with E-state index in [1.807, 2.05) is 86.6 Å². The lowest BCUT2D eigenvalue weighted by Crippen LogP contribution is -2.45. The number of nitrogens with zero attached hydrogens (tertiary/aromatic N) is 3. The van der Waals surface area contributed by atoms with Crippen molar-refractivity contribution in [3.8, 4) is 22.9 Å². The number of nitrogens with one attached hydrogen (secondary N) is 1. The number of aromatic nitrogens is 2. The van der Waals surface area contributed by atoms with Gasteiger partial charge in [0.25, 0.3) is 5.89 Å². The first-order valence-corrected chi connectivity index (χ1v) is 11.9. The minimum absolute atomic E-state index is 0.196. The number of carbonyl (C=O) groups is 1. The van der Waals surface area contributed by atoms with Gasteiger partial charge in [0.1, 0.15) is 11.5 Å². The zero-order valence-corrected chi connectivity index (χ0v) is 21.2. The van der Waals surface area contributed by atoms with Crippen molar-refractivity contribution in [2.24, 2.45) is 0 Å². The third-order valence-electron chi connectivity index (χ3n) is 6.62. The molecule has 1 unspecified atom stereocenters. The fourth-order valence-corrected chi connectivity index (χ4v) is 4.47. The van der Waals surface area contributed by atoms with Gasteiger partial charge in [-0.15, -0.1) is 0 Å². The van der Waals surface area contributed by atoms with Crippen LogP contribution in [0.3, 0.4) is 0 Å². The van der Waals surface area contributed by atoms with Crippen LogP contribution in [0.5, 0.6) is 11.5 Å². The molecule has 0 radical (unpaired) electrons. The average molecular weight is 497 g/mol. The molecule has 0 spiro atoms. The molecule has 4 aromatic rings. The van der Waals surface area contributed by atoms with E-state index in [4.69, 9.17) is 19.0 Å². The summed E-state index contributed by atoms with van der Waals surface area (Å²) in [6.45, 7) is 4.37. The molecule has 8 nitrogen and oxygen atoms in total. The summed E-state index contributed by atoms with van der Waals surface area (Å²) in [5.74, 6) is 2.20. The summed E-state index contributed by atoms with van der Waals surface area (Å²) in [4.78, 5) is 19.8. The number of methoxy groups -OCH3 is 2. The molecule has 1 aromatic heterocycles. The van der Waals surface area contributed by atoms with Crippen LogP contribution in [0.15, 0.2) is 83.0 Å². The van der Waals surface area contributed by atoms with Crippen molar-refractivity contribution in [1.29, 1.82) is 0 Å². The van der Waals surface area contributed by atoms with Crippen LogP contribution in [0.25, 0.3) is 17.0 Å². The summed E-state index contributed by atoms with van der Waals surface area (Å²) in [5, 5.41) is 7.39. The molecule has 2 amide bonds. The first kappa shape index (κ1) is 24.1. The van der Waals surface area contributed by atoms with Gasteiger partial charge in [-0.3, -0.25) is 4.90 Å². The lowest BCUT2D eigenvalue weighted by Gasteiger charge is -2.35.